The van der Waals surface area contributed by atoms with Gasteiger partial charge in [0.05, 0.1) is 0 Å². The molecule has 0 aliphatic carbocycles. The van der Waals surface area contributed by atoms with Gasteiger partial charge < -0.3 is 0 Å². The average molecular weight is 184 g/mol. The van der Waals surface area contributed by atoms with E-state index in [2.05, 4.69) is 0 Å². The van der Waals surface area contributed by atoms with Crippen LogP contribution in [0.4, 0.5) is 0 Å². The fourth-order valence-corrected chi connectivity index (χ4v) is 2.76. The maximum Gasteiger partial charge on any atom is 0.288 e. The lowest BCUT2D eigenvalue weighted by Crippen LogP contribution is -1.72. The summed E-state index contributed by atoms with van der Waals surface area (Å²) in [6.45, 7) is 0. The third kappa shape index (κ3) is 1.49. The van der Waals surface area contributed by atoms with Gasteiger partial charge in [0.15, 0.2) is 0 Å². The summed E-state index contributed by atoms with van der Waals surface area (Å²) in [5.41, 5.74) is 0. The van der Waals surface area contributed by atoms with Gasteiger partial charge >= 0.3 is 0 Å². The van der Waals surface area contributed by atoms with Gasteiger partial charge in [-0.15, -0.1) is 0 Å². The molecular formula is C8H8OS2. The van der Waals surface area contributed by atoms with E-state index in [0.29, 0.717) is 0 Å². The van der Waals surface area contributed by atoms with Crippen LogP contribution >= 0.6 is 22.7 Å². The van der Waals surface area contributed by atoms with Gasteiger partial charge in [-0.2, -0.15) is 0 Å². The minimum Gasteiger partial charge on any atom is -0.265 e. The Balaban J connectivity index is 0.000000605. The van der Waals surface area contributed by atoms with Crippen molar-refractivity contribution in [3.05, 3.63) is 33.1 Å². The van der Waals surface area contributed by atoms with Crippen LogP contribution in [-0.2, 0) is 0 Å². The first-order valence-corrected chi connectivity index (χ1v) is 4.48. The van der Waals surface area contributed by atoms with Gasteiger partial charge in [-0.25, -0.2) is 0 Å². The van der Waals surface area contributed by atoms with Crippen molar-refractivity contribution in [1.82, 2.24) is 0 Å². The molecule has 0 atom stereocenters. The summed E-state index contributed by atoms with van der Waals surface area (Å²) in [4.78, 5) is 10.8. The van der Waals surface area contributed by atoms with E-state index in [-0.39, 0.29) is 11.5 Å². The summed E-state index contributed by atoms with van der Waals surface area (Å²) in [6, 6.07) is 7.84. The highest BCUT2D eigenvalue weighted by Crippen LogP contribution is 2.19. The van der Waals surface area contributed by atoms with Crippen molar-refractivity contribution < 1.29 is 0 Å². The monoisotopic (exact) mass is 184 g/mol. The molecule has 2 rings (SSSR count). The molecule has 0 saturated carbocycles. The Hall–Kier alpha value is -0.670. The first kappa shape index (κ1) is 8.43. The Morgan fingerprint density at radius 1 is 1.00 bits per heavy atom. The van der Waals surface area contributed by atoms with Crippen LogP contribution in [0.15, 0.2) is 29.1 Å². The van der Waals surface area contributed by atoms with Gasteiger partial charge in [0.25, 0.3) is 4.06 Å². The van der Waals surface area contributed by atoms with E-state index in [4.69, 9.17) is 0 Å². The highest BCUT2D eigenvalue weighted by atomic mass is 32.2. The van der Waals surface area contributed by atoms with Crippen LogP contribution in [0, 0.1) is 0 Å². The molecular weight excluding hydrogens is 176 g/mol. The topological polar surface area (TPSA) is 17.1 Å². The molecule has 0 N–H and O–H groups in total. The largest absolute Gasteiger partial charge is 0.288 e. The van der Waals surface area contributed by atoms with Crippen LogP contribution in [0.3, 0.4) is 0 Å². The van der Waals surface area contributed by atoms with Crippen LogP contribution in [0.5, 0.6) is 0 Å². The zero-order valence-corrected chi connectivity index (χ0v) is 6.67. The standard InChI is InChI=1S/C7H4OS2.CH4/c8-7-9-5-3-1-2-4-6(5)10-7;/h1-4H;1H4. The molecule has 1 nitrogen and oxygen atoms in total. The molecule has 0 saturated heterocycles. The third-order valence-corrected chi connectivity index (χ3v) is 3.35. The molecule has 1 aromatic carbocycles. The van der Waals surface area contributed by atoms with Crippen molar-refractivity contribution in [3.63, 3.8) is 0 Å². The Morgan fingerprint density at radius 2 is 1.45 bits per heavy atom. The molecule has 0 bridgehead atoms. The third-order valence-electron chi connectivity index (χ3n) is 1.24. The minimum absolute atomic E-state index is 0. The zero-order chi connectivity index (χ0) is 6.97. The predicted molar refractivity (Wildman–Crippen MR) is 52.7 cm³/mol. The molecule has 0 amide bonds. The molecule has 1 heterocycles. The van der Waals surface area contributed by atoms with E-state index in [1.807, 2.05) is 24.3 Å². The van der Waals surface area contributed by atoms with Gasteiger partial charge in [0.2, 0.25) is 0 Å². The summed E-state index contributed by atoms with van der Waals surface area (Å²) >= 11 is 2.63. The fourth-order valence-electron chi connectivity index (χ4n) is 0.819. The Kier molecular flexibility index (Phi) is 2.42. The Bertz CT molecular complexity index is 363. The van der Waals surface area contributed by atoms with E-state index in [9.17, 15) is 4.79 Å². The fraction of sp³-hybridized carbons (Fsp3) is 0.125. The normalized spacial score (nSPS) is 9.45. The molecule has 1 aromatic heterocycles. The second-order valence-corrected chi connectivity index (χ2v) is 4.19. The van der Waals surface area contributed by atoms with Crippen molar-refractivity contribution in [2.24, 2.45) is 0 Å². The molecule has 0 radical (unpaired) electrons. The van der Waals surface area contributed by atoms with Crippen LogP contribution in [-0.4, -0.2) is 0 Å². The summed E-state index contributed by atoms with van der Waals surface area (Å²) in [5, 5.41) is 0. The highest BCUT2D eigenvalue weighted by molar-refractivity contribution is 7.35. The van der Waals surface area contributed by atoms with Crippen molar-refractivity contribution >= 4 is 32.1 Å². The van der Waals surface area contributed by atoms with Gasteiger partial charge in [-0.1, -0.05) is 42.2 Å². The van der Waals surface area contributed by atoms with Crippen LogP contribution in [0.2, 0.25) is 0 Å². The molecule has 0 fully saturated rings. The van der Waals surface area contributed by atoms with Crippen LogP contribution in [0.1, 0.15) is 7.43 Å². The molecule has 0 spiro atoms. The van der Waals surface area contributed by atoms with E-state index in [1.54, 1.807) is 0 Å². The number of hydrogen-bond acceptors (Lipinski definition) is 3. The summed E-state index contributed by atoms with van der Waals surface area (Å²) < 4.78 is 2.37. The van der Waals surface area contributed by atoms with Gasteiger partial charge in [-0.3, -0.25) is 4.79 Å². The van der Waals surface area contributed by atoms with E-state index in [0.717, 1.165) is 9.40 Å². The number of benzene rings is 1. The lowest BCUT2D eigenvalue weighted by Gasteiger charge is -1.80. The lowest BCUT2D eigenvalue weighted by atomic mass is 10.4. The highest BCUT2D eigenvalue weighted by Gasteiger charge is 1.95. The van der Waals surface area contributed by atoms with Crippen molar-refractivity contribution in [1.29, 1.82) is 0 Å². The van der Waals surface area contributed by atoms with Gasteiger partial charge in [0, 0.05) is 9.40 Å². The average Bonchev–Trinajstić information content (AvgIpc) is 2.27. The Labute approximate surface area is 72.9 Å². The number of rotatable bonds is 0. The quantitative estimate of drug-likeness (QED) is 0.615. The summed E-state index contributed by atoms with van der Waals surface area (Å²) in [6.07, 6.45) is 0. The lowest BCUT2D eigenvalue weighted by molar-refractivity contribution is 1.88. The molecule has 3 heteroatoms. The summed E-state index contributed by atoms with van der Waals surface area (Å²) in [5.74, 6) is 0. The van der Waals surface area contributed by atoms with Crippen molar-refractivity contribution in [3.8, 4) is 0 Å². The first-order valence-electron chi connectivity index (χ1n) is 2.85. The van der Waals surface area contributed by atoms with Crippen LogP contribution in [0.25, 0.3) is 9.40 Å². The van der Waals surface area contributed by atoms with E-state index >= 15 is 0 Å². The maximum atomic E-state index is 10.8. The molecule has 0 unspecified atom stereocenters. The van der Waals surface area contributed by atoms with Crippen molar-refractivity contribution in [2.75, 3.05) is 0 Å². The number of fused-ring (bicyclic) bond motifs is 1. The second-order valence-electron chi connectivity index (χ2n) is 1.90. The molecule has 58 valence electrons. The summed E-state index contributed by atoms with van der Waals surface area (Å²) in [7, 11) is 0. The zero-order valence-electron chi connectivity index (χ0n) is 5.03. The molecule has 0 aliphatic heterocycles. The molecule has 2 aromatic rings. The van der Waals surface area contributed by atoms with Gasteiger partial charge in [-0.05, 0) is 12.1 Å². The van der Waals surface area contributed by atoms with E-state index in [1.165, 1.54) is 22.7 Å². The van der Waals surface area contributed by atoms with Crippen molar-refractivity contribution in [2.45, 2.75) is 7.43 Å². The maximum absolute atomic E-state index is 10.8. The molecule has 11 heavy (non-hydrogen) atoms. The number of hydrogen-bond donors (Lipinski definition) is 0. The first-order chi connectivity index (χ1) is 4.86. The minimum atomic E-state index is 0. The van der Waals surface area contributed by atoms with E-state index < -0.39 is 0 Å². The Morgan fingerprint density at radius 3 is 1.91 bits per heavy atom. The SMILES string of the molecule is C.O=c1sc2ccccc2s1. The smallest absolute Gasteiger partial charge is 0.265 e. The second kappa shape index (κ2) is 3.15. The molecule has 0 aliphatic rings. The van der Waals surface area contributed by atoms with Gasteiger partial charge in [0.1, 0.15) is 0 Å². The van der Waals surface area contributed by atoms with Crippen LogP contribution < -0.4 is 4.06 Å². The predicted octanol–water partition coefficient (Wildman–Crippen LogP) is 2.96.